The van der Waals surface area contributed by atoms with Crippen molar-refractivity contribution in [1.82, 2.24) is 5.32 Å². The molecule has 1 aromatic rings. The molecule has 1 rings (SSSR count). The molecule has 6 heteroatoms. The number of carbonyl (C=O) groups is 1. The van der Waals surface area contributed by atoms with Gasteiger partial charge in [-0.1, -0.05) is 31.1 Å². The smallest absolute Gasteiger partial charge is 0.251 e. The molecule has 1 amide bonds. The number of benzene rings is 1. The molecule has 4 N–H and O–H groups in total. The number of rotatable bonds is 7. The number of oxime groups is 1. The molecule has 0 saturated carbocycles. The first kappa shape index (κ1) is 17.0. The number of nitrogens with one attached hydrogen (secondary N) is 1. The molecule has 0 aliphatic rings. The van der Waals surface area contributed by atoms with E-state index >= 15 is 0 Å². The summed E-state index contributed by atoms with van der Waals surface area (Å²) in [5.74, 6) is 0.0214. The van der Waals surface area contributed by atoms with E-state index in [1.54, 1.807) is 24.3 Å². The summed E-state index contributed by atoms with van der Waals surface area (Å²) in [4.78, 5) is 12.3. The van der Waals surface area contributed by atoms with Crippen LogP contribution in [0.15, 0.2) is 29.4 Å². The average Bonchev–Trinajstić information content (AvgIpc) is 2.50. The third-order valence-corrected chi connectivity index (χ3v) is 3.15. The largest absolute Gasteiger partial charge is 0.409 e. The van der Waals surface area contributed by atoms with Crippen LogP contribution in [0.25, 0.3) is 0 Å². The summed E-state index contributed by atoms with van der Waals surface area (Å²) in [5.41, 5.74) is 6.48. The van der Waals surface area contributed by atoms with Gasteiger partial charge in [0.2, 0.25) is 0 Å². The normalized spacial score (nSPS) is 13.2. The number of carbonyl (C=O) groups excluding carboxylic acids is 1. The average molecular weight is 293 g/mol. The SMILES string of the molecule is CCOCC(NC(=O)c1cccc(/C(N)=N/O)c1)C(C)C. The molecule has 0 aliphatic carbocycles. The Hall–Kier alpha value is -2.08. The Kier molecular flexibility index (Phi) is 6.68. The topological polar surface area (TPSA) is 96.9 Å². The van der Waals surface area contributed by atoms with E-state index in [0.717, 1.165) is 0 Å². The Labute approximate surface area is 125 Å². The fourth-order valence-corrected chi connectivity index (χ4v) is 1.77. The maximum absolute atomic E-state index is 12.3. The van der Waals surface area contributed by atoms with Crippen molar-refractivity contribution in [3.63, 3.8) is 0 Å². The van der Waals surface area contributed by atoms with Crippen LogP contribution in [0.4, 0.5) is 0 Å². The molecule has 0 aliphatic heterocycles. The molecule has 0 bridgehead atoms. The van der Waals surface area contributed by atoms with Crippen LogP contribution in [0, 0.1) is 5.92 Å². The monoisotopic (exact) mass is 293 g/mol. The van der Waals surface area contributed by atoms with Crippen LogP contribution in [-0.4, -0.2) is 36.2 Å². The van der Waals surface area contributed by atoms with Gasteiger partial charge in [0, 0.05) is 17.7 Å². The molecule has 1 atom stereocenters. The molecule has 0 heterocycles. The molecule has 0 saturated heterocycles. The zero-order valence-corrected chi connectivity index (χ0v) is 12.7. The number of nitrogens with two attached hydrogens (primary N) is 1. The lowest BCUT2D eigenvalue weighted by molar-refractivity contribution is 0.0806. The maximum atomic E-state index is 12.3. The zero-order chi connectivity index (χ0) is 15.8. The molecular formula is C15H23N3O3. The van der Waals surface area contributed by atoms with Crippen molar-refractivity contribution in [2.24, 2.45) is 16.8 Å². The first-order chi connectivity index (χ1) is 9.99. The highest BCUT2D eigenvalue weighted by Gasteiger charge is 2.17. The van der Waals surface area contributed by atoms with Gasteiger partial charge in [0.15, 0.2) is 5.84 Å². The Morgan fingerprint density at radius 3 is 2.67 bits per heavy atom. The fourth-order valence-electron chi connectivity index (χ4n) is 1.77. The lowest BCUT2D eigenvalue weighted by atomic mass is 10.0. The summed E-state index contributed by atoms with van der Waals surface area (Å²) < 4.78 is 5.39. The Morgan fingerprint density at radius 1 is 1.43 bits per heavy atom. The highest BCUT2D eigenvalue weighted by atomic mass is 16.5. The van der Waals surface area contributed by atoms with Gasteiger partial charge >= 0.3 is 0 Å². The second-order valence-electron chi connectivity index (χ2n) is 5.05. The molecular weight excluding hydrogens is 270 g/mol. The minimum atomic E-state index is -0.207. The molecule has 0 spiro atoms. The second-order valence-corrected chi connectivity index (χ2v) is 5.05. The van der Waals surface area contributed by atoms with E-state index in [0.29, 0.717) is 24.3 Å². The maximum Gasteiger partial charge on any atom is 0.251 e. The summed E-state index contributed by atoms with van der Waals surface area (Å²) in [6.07, 6.45) is 0. The van der Waals surface area contributed by atoms with Crippen molar-refractivity contribution in [3.8, 4) is 0 Å². The van der Waals surface area contributed by atoms with Crippen molar-refractivity contribution in [1.29, 1.82) is 0 Å². The Bertz CT molecular complexity index is 501. The van der Waals surface area contributed by atoms with Gasteiger partial charge in [0.25, 0.3) is 5.91 Å². The molecule has 1 aromatic carbocycles. The van der Waals surface area contributed by atoms with Gasteiger partial charge in [-0.2, -0.15) is 0 Å². The molecule has 116 valence electrons. The van der Waals surface area contributed by atoms with Crippen LogP contribution >= 0.6 is 0 Å². The predicted molar refractivity (Wildman–Crippen MR) is 81.5 cm³/mol. The highest BCUT2D eigenvalue weighted by molar-refractivity contribution is 6.01. The third kappa shape index (κ3) is 5.07. The number of amides is 1. The van der Waals surface area contributed by atoms with Crippen molar-refractivity contribution in [2.75, 3.05) is 13.2 Å². The van der Waals surface area contributed by atoms with Crippen LogP contribution in [-0.2, 0) is 4.74 Å². The van der Waals surface area contributed by atoms with E-state index in [1.165, 1.54) is 0 Å². The predicted octanol–water partition coefficient (Wildman–Crippen LogP) is 1.57. The number of amidine groups is 1. The zero-order valence-electron chi connectivity index (χ0n) is 12.7. The number of hydrogen-bond donors (Lipinski definition) is 3. The Morgan fingerprint density at radius 2 is 2.10 bits per heavy atom. The van der Waals surface area contributed by atoms with Gasteiger partial charge in [0.05, 0.1) is 12.6 Å². The van der Waals surface area contributed by atoms with Crippen LogP contribution in [0.3, 0.4) is 0 Å². The summed E-state index contributed by atoms with van der Waals surface area (Å²) in [7, 11) is 0. The lowest BCUT2D eigenvalue weighted by Crippen LogP contribution is -2.42. The van der Waals surface area contributed by atoms with Crippen LogP contribution in [0.2, 0.25) is 0 Å². The van der Waals surface area contributed by atoms with E-state index in [1.807, 2.05) is 20.8 Å². The minimum absolute atomic E-state index is 0.0284. The second kappa shape index (κ2) is 8.26. The van der Waals surface area contributed by atoms with Crippen molar-refractivity contribution >= 4 is 11.7 Å². The van der Waals surface area contributed by atoms with Crippen molar-refractivity contribution in [2.45, 2.75) is 26.8 Å². The van der Waals surface area contributed by atoms with Crippen LogP contribution in [0.1, 0.15) is 36.7 Å². The summed E-state index contributed by atoms with van der Waals surface area (Å²) in [6, 6.07) is 6.57. The van der Waals surface area contributed by atoms with Crippen LogP contribution < -0.4 is 11.1 Å². The lowest BCUT2D eigenvalue weighted by Gasteiger charge is -2.22. The van der Waals surface area contributed by atoms with Gasteiger partial charge in [-0.05, 0) is 25.0 Å². The summed E-state index contributed by atoms with van der Waals surface area (Å²) in [5, 5.41) is 14.6. The van der Waals surface area contributed by atoms with Crippen LogP contribution in [0.5, 0.6) is 0 Å². The van der Waals surface area contributed by atoms with E-state index in [9.17, 15) is 4.79 Å². The number of ether oxygens (including phenoxy) is 1. The van der Waals surface area contributed by atoms with E-state index in [-0.39, 0.29) is 23.7 Å². The van der Waals surface area contributed by atoms with Gasteiger partial charge in [-0.3, -0.25) is 4.79 Å². The Balaban J connectivity index is 2.82. The van der Waals surface area contributed by atoms with E-state index < -0.39 is 0 Å². The first-order valence-corrected chi connectivity index (χ1v) is 6.96. The van der Waals surface area contributed by atoms with Gasteiger partial charge < -0.3 is 21.0 Å². The number of nitrogens with zero attached hydrogens (tertiary/aromatic N) is 1. The molecule has 21 heavy (non-hydrogen) atoms. The molecule has 1 unspecified atom stereocenters. The quantitative estimate of drug-likeness (QED) is 0.308. The van der Waals surface area contributed by atoms with Gasteiger partial charge in [-0.15, -0.1) is 0 Å². The van der Waals surface area contributed by atoms with Gasteiger partial charge in [-0.25, -0.2) is 0 Å². The first-order valence-electron chi connectivity index (χ1n) is 6.96. The summed E-state index contributed by atoms with van der Waals surface area (Å²) in [6.45, 7) is 7.05. The van der Waals surface area contributed by atoms with E-state index in [2.05, 4.69) is 10.5 Å². The standard InChI is InChI=1S/C15H23N3O3/c1-4-21-9-13(10(2)3)17-15(19)12-7-5-6-11(8-12)14(16)18-20/h5-8,10,13,20H,4,9H2,1-3H3,(H2,16,18)(H,17,19). The number of hydrogen-bond acceptors (Lipinski definition) is 4. The van der Waals surface area contributed by atoms with Crippen molar-refractivity contribution < 1.29 is 14.7 Å². The van der Waals surface area contributed by atoms with E-state index in [4.69, 9.17) is 15.7 Å². The fraction of sp³-hybridized carbons (Fsp3) is 0.467. The van der Waals surface area contributed by atoms with Crippen molar-refractivity contribution in [3.05, 3.63) is 35.4 Å². The molecule has 0 aromatic heterocycles. The molecule has 6 nitrogen and oxygen atoms in total. The molecule has 0 fully saturated rings. The third-order valence-electron chi connectivity index (χ3n) is 3.15. The minimum Gasteiger partial charge on any atom is -0.409 e. The van der Waals surface area contributed by atoms with Gasteiger partial charge in [0.1, 0.15) is 0 Å². The highest BCUT2D eigenvalue weighted by Crippen LogP contribution is 2.08. The molecule has 0 radical (unpaired) electrons. The summed E-state index contributed by atoms with van der Waals surface area (Å²) >= 11 is 0.